The van der Waals surface area contributed by atoms with Crippen molar-refractivity contribution in [1.29, 1.82) is 0 Å². The van der Waals surface area contributed by atoms with Crippen LogP contribution in [0.15, 0.2) is 45.1 Å². The first kappa shape index (κ1) is 31.4. The molecule has 4 aromatic rings. The van der Waals surface area contributed by atoms with E-state index < -0.39 is 34.1 Å². The van der Waals surface area contributed by atoms with Crippen LogP contribution in [0.1, 0.15) is 11.9 Å². The standard InChI is InChI=1S/C25H17Cl4N3O6S4/c1-2-30-16-5-12(26)14(28)7-19(16)41-22(30)9-23-31(10-24(33)34)25(35)18(39-23)3-4-21-32(11-42(36,37)38)17-6-13(27)15(29)8-20(17)40-21/h3-9H,2,10-11H2,1H3,(H-,33,34,36,37,38)/p+1/b18-3+,21-4-. The van der Waals surface area contributed by atoms with Gasteiger partial charge >= 0.3 is 5.97 Å². The van der Waals surface area contributed by atoms with Crippen LogP contribution in [0.3, 0.4) is 0 Å². The first-order valence-corrected chi connectivity index (χ1v) is 17.4. The fourth-order valence-electron chi connectivity index (χ4n) is 4.24. The SMILES string of the molecule is CC[n+]1c(C=c2s/c(=C/C=C3\Sc4cc(Cl)c(Cl)cc4N3CS(=O)(=O)O)c(=O)n2CC(=O)O)sc2cc(Cl)c(Cl)cc21. The van der Waals surface area contributed by atoms with E-state index in [4.69, 9.17) is 46.4 Å². The lowest BCUT2D eigenvalue weighted by molar-refractivity contribution is -0.665. The Morgan fingerprint density at radius 1 is 1.02 bits per heavy atom. The quantitative estimate of drug-likeness (QED) is 0.201. The molecule has 1 aliphatic heterocycles. The van der Waals surface area contributed by atoms with Crippen LogP contribution in [0.2, 0.25) is 20.1 Å². The van der Waals surface area contributed by atoms with Crippen molar-refractivity contribution in [2.75, 3.05) is 10.8 Å². The fourth-order valence-corrected chi connectivity index (χ4v) is 9.03. The van der Waals surface area contributed by atoms with Gasteiger partial charge < -0.3 is 10.0 Å². The fraction of sp³-hybridized carbons (Fsp3) is 0.160. The van der Waals surface area contributed by atoms with Gasteiger partial charge in [0.05, 0.1) is 41.4 Å². The molecule has 3 heterocycles. The molecule has 1 aliphatic rings. The first-order valence-electron chi connectivity index (χ1n) is 11.8. The molecule has 0 bridgehead atoms. The third-order valence-electron chi connectivity index (χ3n) is 6.01. The normalized spacial score (nSPS) is 15.4. The molecule has 0 amide bonds. The van der Waals surface area contributed by atoms with Crippen LogP contribution in [0.5, 0.6) is 0 Å². The van der Waals surface area contributed by atoms with E-state index in [1.807, 2.05) is 11.5 Å². The van der Waals surface area contributed by atoms with E-state index in [1.54, 1.807) is 24.3 Å². The third-order valence-corrected chi connectivity index (χ3v) is 11.3. The van der Waals surface area contributed by atoms with Crippen LogP contribution in [-0.4, -0.2) is 34.5 Å². The maximum atomic E-state index is 13.4. The highest BCUT2D eigenvalue weighted by atomic mass is 35.5. The lowest BCUT2D eigenvalue weighted by Crippen LogP contribution is -2.36. The topological polar surface area (TPSA) is 121 Å². The van der Waals surface area contributed by atoms with Crippen molar-refractivity contribution in [3.63, 3.8) is 0 Å². The van der Waals surface area contributed by atoms with Gasteiger partial charge in [0.25, 0.3) is 20.7 Å². The Balaban J connectivity index is 1.66. The number of fused-ring (bicyclic) bond motifs is 2. The highest BCUT2D eigenvalue weighted by molar-refractivity contribution is 8.03. The molecule has 9 nitrogen and oxygen atoms in total. The summed E-state index contributed by atoms with van der Waals surface area (Å²) in [6.45, 7) is 1.97. The van der Waals surface area contributed by atoms with Crippen molar-refractivity contribution in [2.45, 2.75) is 24.9 Å². The van der Waals surface area contributed by atoms with Gasteiger partial charge in [0.2, 0.25) is 5.52 Å². The van der Waals surface area contributed by atoms with Crippen LogP contribution in [0.25, 0.3) is 22.4 Å². The highest BCUT2D eigenvalue weighted by Gasteiger charge is 2.29. The predicted octanol–water partition coefficient (Wildman–Crippen LogP) is 5.04. The van der Waals surface area contributed by atoms with E-state index in [1.165, 1.54) is 46.2 Å². The first-order chi connectivity index (χ1) is 19.8. The number of aryl methyl sites for hydroxylation is 1. The third kappa shape index (κ3) is 6.40. The molecule has 5 rings (SSSR count). The lowest BCUT2D eigenvalue weighted by Gasteiger charge is -2.18. The number of hydrogen-bond donors (Lipinski definition) is 2. The van der Waals surface area contributed by atoms with E-state index in [2.05, 4.69) is 0 Å². The molecule has 220 valence electrons. The van der Waals surface area contributed by atoms with E-state index in [0.29, 0.717) is 36.9 Å². The van der Waals surface area contributed by atoms with E-state index in [0.717, 1.165) is 31.1 Å². The number of benzene rings is 2. The van der Waals surface area contributed by atoms with E-state index in [-0.39, 0.29) is 14.6 Å². The smallest absolute Gasteiger partial charge is 0.323 e. The van der Waals surface area contributed by atoms with Gasteiger partial charge in [-0.05, 0) is 37.3 Å². The Hall–Kier alpha value is -2.07. The zero-order valence-electron chi connectivity index (χ0n) is 21.2. The van der Waals surface area contributed by atoms with Crippen molar-refractivity contribution in [3.8, 4) is 0 Å². The van der Waals surface area contributed by atoms with Crippen molar-refractivity contribution in [1.82, 2.24) is 4.57 Å². The van der Waals surface area contributed by atoms with Gasteiger partial charge in [-0.3, -0.25) is 18.7 Å². The molecular formula is C25H18Cl4N3O6S4+. The molecule has 0 saturated carbocycles. The number of carbonyl (C=O) groups is 1. The van der Waals surface area contributed by atoms with E-state index in [9.17, 15) is 27.7 Å². The van der Waals surface area contributed by atoms with Crippen LogP contribution >= 0.6 is 80.8 Å². The summed E-state index contributed by atoms with van der Waals surface area (Å²) in [5.74, 6) is -1.95. The van der Waals surface area contributed by atoms with Gasteiger partial charge in [-0.15, -0.1) is 11.3 Å². The minimum atomic E-state index is -4.44. The predicted molar refractivity (Wildman–Crippen MR) is 171 cm³/mol. The van der Waals surface area contributed by atoms with Crippen molar-refractivity contribution < 1.29 is 27.4 Å². The number of carboxylic acids is 1. The van der Waals surface area contributed by atoms with Crippen LogP contribution in [0.4, 0.5) is 5.69 Å². The molecule has 0 aliphatic carbocycles. The van der Waals surface area contributed by atoms with Gasteiger partial charge in [0.1, 0.15) is 22.5 Å². The number of halogens is 4. The molecule has 0 spiro atoms. The monoisotopic (exact) mass is 724 g/mol. The number of hydrogen-bond acceptors (Lipinski definition) is 8. The number of carboxylic acid groups (broad SMARTS) is 1. The molecule has 0 unspecified atom stereocenters. The van der Waals surface area contributed by atoms with Gasteiger partial charge in [-0.25, -0.2) is 0 Å². The molecule has 0 saturated heterocycles. The zero-order valence-corrected chi connectivity index (χ0v) is 27.5. The summed E-state index contributed by atoms with van der Waals surface area (Å²) < 4.78 is 37.8. The minimum Gasteiger partial charge on any atom is -0.480 e. The number of anilines is 1. The lowest BCUT2D eigenvalue weighted by atomic mass is 10.3. The van der Waals surface area contributed by atoms with Crippen molar-refractivity contribution in [2.24, 2.45) is 0 Å². The summed E-state index contributed by atoms with van der Waals surface area (Å²) in [6.07, 6.45) is 4.75. The number of thiazole rings is 2. The highest BCUT2D eigenvalue weighted by Crippen LogP contribution is 2.48. The number of rotatable bonds is 7. The molecule has 2 aromatic carbocycles. The second-order valence-corrected chi connectivity index (χ2v) is 15.0. The zero-order chi connectivity index (χ0) is 30.5. The van der Waals surface area contributed by atoms with Crippen LogP contribution in [-0.2, 0) is 28.0 Å². The van der Waals surface area contributed by atoms with Crippen molar-refractivity contribution in [3.05, 3.63) is 80.0 Å². The summed E-state index contributed by atoms with van der Waals surface area (Å²) in [5.41, 5.74) is 0.734. The van der Waals surface area contributed by atoms with Gasteiger partial charge in [-0.2, -0.15) is 13.0 Å². The Morgan fingerprint density at radius 3 is 2.36 bits per heavy atom. The summed E-state index contributed by atoms with van der Waals surface area (Å²) >= 11 is 28.4. The van der Waals surface area contributed by atoms with Gasteiger partial charge in [-0.1, -0.05) is 69.5 Å². The molecule has 0 fully saturated rings. The van der Waals surface area contributed by atoms with Crippen LogP contribution < -0.4 is 24.2 Å². The Kier molecular flexibility index (Phi) is 9.06. The number of aromatic nitrogens is 2. The Bertz CT molecular complexity index is 2100. The molecule has 0 radical (unpaired) electrons. The largest absolute Gasteiger partial charge is 0.480 e. The molecule has 2 aromatic heterocycles. The summed E-state index contributed by atoms with van der Waals surface area (Å²) in [6, 6.07) is 6.59. The number of nitrogens with zero attached hydrogens (tertiary/aromatic N) is 3. The molecule has 2 N–H and O–H groups in total. The Labute approximate surface area is 270 Å². The number of thioether (sulfide) groups is 1. The summed E-state index contributed by atoms with van der Waals surface area (Å²) in [4.78, 5) is 27.0. The van der Waals surface area contributed by atoms with Crippen molar-refractivity contribution >= 4 is 125 Å². The molecule has 42 heavy (non-hydrogen) atoms. The number of allylic oxidation sites excluding steroid dienone is 1. The summed E-state index contributed by atoms with van der Waals surface area (Å²) in [7, 11) is -4.44. The average Bonchev–Trinajstić information content (AvgIpc) is 3.49. The molecule has 0 atom stereocenters. The molecule has 17 heteroatoms. The van der Waals surface area contributed by atoms with Crippen LogP contribution in [0, 0.1) is 0 Å². The minimum absolute atomic E-state index is 0.201. The maximum Gasteiger partial charge on any atom is 0.323 e. The molecular weight excluding hydrogens is 708 g/mol. The van der Waals surface area contributed by atoms with Gasteiger partial charge in [0.15, 0.2) is 5.88 Å². The van der Waals surface area contributed by atoms with Gasteiger partial charge in [0, 0.05) is 11.0 Å². The number of aliphatic carboxylic acids is 1. The summed E-state index contributed by atoms with van der Waals surface area (Å²) in [5, 5.41) is 11.9. The van der Waals surface area contributed by atoms with E-state index >= 15 is 0 Å². The Morgan fingerprint density at radius 2 is 1.69 bits per heavy atom. The second-order valence-electron chi connectivity index (χ2n) is 8.80. The maximum absolute atomic E-state index is 13.4. The second kappa shape index (κ2) is 12.1. The average molecular weight is 727 g/mol.